The number of hydrogen-bond acceptors (Lipinski definition) is 6. The molecule has 6 nitrogen and oxygen atoms in total. The molecule has 0 radical (unpaired) electrons. The Morgan fingerprint density at radius 1 is 1.06 bits per heavy atom. The zero-order valence-corrected chi connectivity index (χ0v) is 21.5. The van der Waals surface area contributed by atoms with Crippen molar-refractivity contribution in [1.29, 1.82) is 0 Å². The summed E-state index contributed by atoms with van der Waals surface area (Å²) in [5, 5.41) is -0.318. The second kappa shape index (κ2) is 10.9. The number of carbonyl (C=O) groups excluding carboxylic acids is 3. The third-order valence-electron chi connectivity index (χ3n) is 5.30. The van der Waals surface area contributed by atoms with Crippen LogP contribution in [0.3, 0.4) is 0 Å². The highest BCUT2D eigenvalue weighted by molar-refractivity contribution is 9.10. The monoisotopic (exact) mass is 551 g/mol. The van der Waals surface area contributed by atoms with Crippen LogP contribution in [0.25, 0.3) is 6.08 Å². The number of rotatable bonds is 7. The van der Waals surface area contributed by atoms with Gasteiger partial charge in [0.1, 0.15) is 0 Å². The fraction of sp³-hybridized carbons (Fsp3) is 0.148. The Hall–Kier alpha value is -3.36. The number of imide groups is 1. The fourth-order valence-corrected chi connectivity index (χ4v) is 4.88. The normalized spacial score (nSPS) is 14.5. The van der Waals surface area contributed by atoms with Crippen molar-refractivity contribution in [2.45, 2.75) is 20.4 Å². The summed E-state index contributed by atoms with van der Waals surface area (Å²) in [7, 11) is 0. The number of nitrogens with zero attached hydrogens (tertiary/aromatic N) is 1. The van der Waals surface area contributed by atoms with Gasteiger partial charge < -0.3 is 9.47 Å². The molecular formula is C27H22BrNO5S. The minimum atomic E-state index is -0.516. The third-order valence-corrected chi connectivity index (χ3v) is 6.79. The van der Waals surface area contributed by atoms with E-state index in [1.54, 1.807) is 42.5 Å². The van der Waals surface area contributed by atoms with E-state index in [0.29, 0.717) is 32.9 Å². The topological polar surface area (TPSA) is 72.9 Å². The van der Waals surface area contributed by atoms with Crippen LogP contribution < -0.4 is 9.47 Å². The lowest BCUT2D eigenvalue weighted by molar-refractivity contribution is -0.123. The first-order valence-electron chi connectivity index (χ1n) is 10.9. The van der Waals surface area contributed by atoms with Crippen LogP contribution >= 0.6 is 27.7 Å². The molecule has 0 N–H and O–H groups in total. The molecule has 0 unspecified atom stereocenters. The van der Waals surface area contributed by atoms with Crippen molar-refractivity contribution >= 4 is 50.9 Å². The lowest BCUT2D eigenvalue weighted by Gasteiger charge is -2.14. The Morgan fingerprint density at radius 3 is 2.49 bits per heavy atom. The summed E-state index contributed by atoms with van der Waals surface area (Å²) < 4.78 is 11.8. The maximum Gasteiger partial charge on any atom is 0.343 e. The zero-order chi connectivity index (χ0) is 24.9. The predicted molar refractivity (Wildman–Crippen MR) is 139 cm³/mol. The number of benzene rings is 3. The van der Waals surface area contributed by atoms with Crippen LogP contribution in [0.4, 0.5) is 4.79 Å². The first-order valence-corrected chi connectivity index (χ1v) is 12.5. The molecule has 0 saturated carbocycles. The van der Waals surface area contributed by atoms with Crippen molar-refractivity contribution < 1.29 is 23.9 Å². The minimum absolute atomic E-state index is 0.219. The van der Waals surface area contributed by atoms with Crippen molar-refractivity contribution in [2.75, 3.05) is 6.61 Å². The molecule has 0 bridgehead atoms. The molecule has 0 atom stereocenters. The summed E-state index contributed by atoms with van der Waals surface area (Å²) in [5.74, 6) is -0.281. The van der Waals surface area contributed by atoms with E-state index in [1.807, 2.05) is 44.2 Å². The molecule has 0 aromatic heterocycles. The molecule has 1 aliphatic heterocycles. The fourth-order valence-electron chi connectivity index (χ4n) is 3.50. The largest absolute Gasteiger partial charge is 0.490 e. The van der Waals surface area contributed by atoms with E-state index in [1.165, 1.54) is 4.90 Å². The van der Waals surface area contributed by atoms with E-state index in [-0.39, 0.29) is 23.4 Å². The molecule has 1 fully saturated rings. The van der Waals surface area contributed by atoms with Gasteiger partial charge in [0.2, 0.25) is 0 Å². The number of carbonyl (C=O) groups is 3. The molecule has 178 valence electrons. The Labute approximate surface area is 216 Å². The van der Waals surface area contributed by atoms with Gasteiger partial charge in [0.25, 0.3) is 11.1 Å². The quantitative estimate of drug-likeness (QED) is 0.187. The van der Waals surface area contributed by atoms with Gasteiger partial charge in [-0.3, -0.25) is 14.5 Å². The van der Waals surface area contributed by atoms with Crippen LogP contribution in [-0.2, 0) is 11.3 Å². The Morgan fingerprint density at radius 2 is 1.77 bits per heavy atom. The third kappa shape index (κ3) is 5.66. The van der Waals surface area contributed by atoms with E-state index in [4.69, 9.17) is 9.47 Å². The van der Waals surface area contributed by atoms with Crippen molar-refractivity contribution in [1.82, 2.24) is 4.90 Å². The molecule has 3 aromatic carbocycles. The Bertz CT molecular complexity index is 1320. The average molecular weight is 552 g/mol. The summed E-state index contributed by atoms with van der Waals surface area (Å²) in [5.41, 5.74) is 2.97. The van der Waals surface area contributed by atoms with Crippen LogP contribution in [0, 0.1) is 6.92 Å². The van der Waals surface area contributed by atoms with Crippen LogP contribution in [0.5, 0.6) is 11.5 Å². The molecule has 0 aliphatic carbocycles. The standard InChI is InChI=1S/C27H22BrNO5S/c1-3-33-22-14-18(13-21(28)24(22)34-26(31)19-10-5-4-6-11-19)15-23-25(30)29(27(32)35-23)16-20-12-8-7-9-17(20)2/h4-15H,3,16H2,1-2H3/b23-15-. The van der Waals surface area contributed by atoms with Gasteiger partial charge in [0.05, 0.1) is 28.1 Å². The van der Waals surface area contributed by atoms with Gasteiger partial charge in [0, 0.05) is 0 Å². The number of esters is 1. The number of aryl methyl sites for hydroxylation is 1. The molecule has 1 heterocycles. The summed E-state index contributed by atoms with van der Waals surface area (Å²) in [6, 6.07) is 19.7. The molecule has 4 rings (SSSR count). The van der Waals surface area contributed by atoms with Crippen LogP contribution in [0.2, 0.25) is 0 Å². The van der Waals surface area contributed by atoms with Crippen LogP contribution in [-0.4, -0.2) is 28.6 Å². The predicted octanol–water partition coefficient (Wildman–Crippen LogP) is 6.61. The number of thioether (sulfide) groups is 1. The van der Waals surface area contributed by atoms with E-state index < -0.39 is 5.97 Å². The van der Waals surface area contributed by atoms with E-state index in [0.717, 1.165) is 22.9 Å². The summed E-state index contributed by atoms with van der Waals surface area (Å²) in [6.45, 7) is 4.33. The molecule has 1 saturated heterocycles. The van der Waals surface area contributed by atoms with Crippen molar-refractivity contribution in [3.05, 3.63) is 98.4 Å². The van der Waals surface area contributed by atoms with Gasteiger partial charge in [-0.2, -0.15) is 0 Å². The molecular weight excluding hydrogens is 530 g/mol. The van der Waals surface area contributed by atoms with E-state index >= 15 is 0 Å². The van der Waals surface area contributed by atoms with Gasteiger partial charge in [-0.15, -0.1) is 0 Å². The number of ether oxygens (including phenoxy) is 2. The minimum Gasteiger partial charge on any atom is -0.490 e. The average Bonchev–Trinajstić information content (AvgIpc) is 3.10. The number of hydrogen-bond donors (Lipinski definition) is 0. The lowest BCUT2D eigenvalue weighted by atomic mass is 10.1. The van der Waals surface area contributed by atoms with Gasteiger partial charge >= 0.3 is 5.97 Å². The SMILES string of the molecule is CCOc1cc(/C=C2\SC(=O)N(Cc3ccccc3C)C2=O)cc(Br)c1OC(=O)c1ccccc1. The second-order valence-electron chi connectivity index (χ2n) is 7.71. The first kappa shape index (κ1) is 24.8. The summed E-state index contributed by atoms with van der Waals surface area (Å²) in [6.07, 6.45) is 1.64. The van der Waals surface area contributed by atoms with Crippen LogP contribution in [0.1, 0.15) is 34.0 Å². The molecule has 35 heavy (non-hydrogen) atoms. The van der Waals surface area contributed by atoms with Crippen molar-refractivity contribution in [2.24, 2.45) is 0 Å². The second-order valence-corrected chi connectivity index (χ2v) is 9.56. The van der Waals surface area contributed by atoms with Gasteiger partial charge in [0.15, 0.2) is 11.5 Å². The van der Waals surface area contributed by atoms with Gasteiger partial charge in [-0.05, 0) is 88.6 Å². The van der Waals surface area contributed by atoms with Gasteiger partial charge in [-0.1, -0.05) is 42.5 Å². The Balaban J connectivity index is 1.59. The van der Waals surface area contributed by atoms with E-state index in [2.05, 4.69) is 15.9 Å². The zero-order valence-electron chi connectivity index (χ0n) is 19.1. The summed E-state index contributed by atoms with van der Waals surface area (Å²) >= 11 is 4.35. The van der Waals surface area contributed by atoms with E-state index in [9.17, 15) is 14.4 Å². The first-order chi connectivity index (χ1) is 16.9. The van der Waals surface area contributed by atoms with Gasteiger partial charge in [-0.25, -0.2) is 4.79 Å². The highest BCUT2D eigenvalue weighted by Gasteiger charge is 2.35. The number of halogens is 1. The molecule has 2 amide bonds. The van der Waals surface area contributed by atoms with Crippen LogP contribution in [0.15, 0.2) is 76.1 Å². The smallest absolute Gasteiger partial charge is 0.343 e. The molecule has 1 aliphatic rings. The highest BCUT2D eigenvalue weighted by atomic mass is 79.9. The molecule has 8 heteroatoms. The van der Waals surface area contributed by atoms with Crippen molar-refractivity contribution in [3.8, 4) is 11.5 Å². The van der Waals surface area contributed by atoms with Crippen molar-refractivity contribution in [3.63, 3.8) is 0 Å². The lowest BCUT2D eigenvalue weighted by Crippen LogP contribution is -2.27. The molecule has 0 spiro atoms. The number of amides is 2. The summed E-state index contributed by atoms with van der Waals surface area (Å²) in [4.78, 5) is 39.7. The highest BCUT2D eigenvalue weighted by Crippen LogP contribution is 2.40. The maximum atomic E-state index is 13.0. The maximum absolute atomic E-state index is 13.0. The molecule has 3 aromatic rings. The Kier molecular flexibility index (Phi) is 7.73.